The molecule has 12 rings (SSSR count). The van der Waals surface area contributed by atoms with Gasteiger partial charge in [-0.05, 0) is 153 Å². The molecule has 434 valence electrons. The van der Waals surface area contributed by atoms with E-state index in [0.29, 0.717) is 6.67 Å². The van der Waals surface area contributed by atoms with E-state index in [9.17, 15) is 0 Å². The number of fused-ring (bicyclic) bond motifs is 4. The van der Waals surface area contributed by atoms with Gasteiger partial charge >= 0.3 is 0 Å². The molecule has 0 unspecified atom stereocenters. The van der Waals surface area contributed by atoms with Gasteiger partial charge in [-0.3, -0.25) is 4.57 Å². The van der Waals surface area contributed by atoms with Gasteiger partial charge in [0.2, 0.25) is 0 Å². The highest BCUT2D eigenvalue weighted by Crippen LogP contribution is 2.47. The van der Waals surface area contributed by atoms with Gasteiger partial charge in [0.15, 0.2) is 8.07 Å². The van der Waals surface area contributed by atoms with Crippen molar-refractivity contribution in [2.75, 3.05) is 16.5 Å². The van der Waals surface area contributed by atoms with E-state index < -0.39 is 8.07 Å². The lowest BCUT2D eigenvalue weighted by Gasteiger charge is -2.37. The average Bonchev–Trinajstić information content (AvgIpc) is 1.34. The van der Waals surface area contributed by atoms with Crippen LogP contribution in [0.1, 0.15) is 132 Å². The Morgan fingerprint density at radius 1 is 0.372 bits per heavy atom. The summed E-state index contributed by atoms with van der Waals surface area (Å²) in [5, 5.41) is 7.68. The molecule has 2 aromatic heterocycles. The molecule has 3 heterocycles. The minimum absolute atomic E-state index is 0.00416. The summed E-state index contributed by atoms with van der Waals surface area (Å²) in [6, 6.07) is 82.2. The van der Waals surface area contributed by atoms with E-state index in [-0.39, 0.29) is 27.1 Å². The third-order valence-corrected chi connectivity index (χ3v) is 22.6. The lowest BCUT2D eigenvalue weighted by Crippen LogP contribution is -2.75. The number of hydrogen-bond acceptors (Lipinski definition) is 4. The second kappa shape index (κ2) is 21.5. The Hall–Kier alpha value is -8.45. The second-order valence-electron chi connectivity index (χ2n) is 29.1. The molecule has 0 bridgehead atoms. The summed E-state index contributed by atoms with van der Waals surface area (Å²) in [6.07, 6.45) is 1.96. The Kier molecular flexibility index (Phi) is 14.5. The molecule has 11 aromatic rings. The van der Waals surface area contributed by atoms with Gasteiger partial charge in [-0.15, -0.1) is 0 Å². The van der Waals surface area contributed by atoms with Crippen LogP contribution in [-0.2, 0) is 27.1 Å². The van der Waals surface area contributed by atoms with Crippen LogP contribution in [0.3, 0.4) is 0 Å². The van der Waals surface area contributed by atoms with Crippen LogP contribution in [0.5, 0.6) is 11.5 Å². The number of anilines is 4. The van der Waals surface area contributed by atoms with Crippen LogP contribution < -0.4 is 35.3 Å². The molecule has 9 aromatic carbocycles. The highest BCUT2D eigenvalue weighted by Gasteiger charge is 2.46. The van der Waals surface area contributed by atoms with E-state index in [0.717, 1.165) is 45.1 Å². The predicted molar refractivity (Wildman–Crippen MR) is 370 cm³/mol. The molecule has 0 fully saturated rings. The fourth-order valence-corrected chi connectivity index (χ4v) is 17.7. The van der Waals surface area contributed by atoms with Crippen molar-refractivity contribution in [2.45, 2.75) is 131 Å². The van der Waals surface area contributed by atoms with Gasteiger partial charge in [0.1, 0.15) is 24.0 Å². The molecule has 1 aliphatic heterocycles. The van der Waals surface area contributed by atoms with Crippen LogP contribution in [0.25, 0.3) is 38.8 Å². The minimum Gasteiger partial charge on any atom is -0.457 e. The highest BCUT2D eigenvalue weighted by atomic mass is 28.3. The SMILES string of the molecule is CC(C)(C)c1cc(-c2ccc3c(c2)c2ccc(Oc4cccc(N5CN(c6cc(C(C)(C)C)cc(C(C)(C)C)c6)c6c5cccc6[Si](c5ccccc5)(c5ccccc5)c5ccccc5)c4)cc2n3-c2cc(C(C)(C)C)ccn2)cc(C(C)(C)C)c1. The maximum absolute atomic E-state index is 7.12. The molecule has 1 aliphatic rings. The first-order valence-corrected chi connectivity index (χ1v) is 32.8. The Labute approximate surface area is 513 Å². The van der Waals surface area contributed by atoms with Crippen molar-refractivity contribution in [3.8, 4) is 28.4 Å². The van der Waals surface area contributed by atoms with Crippen molar-refractivity contribution >= 4 is 73.4 Å². The molecule has 0 saturated carbocycles. The topological polar surface area (TPSA) is 33.5 Å². The molecule has 0 spiro atoms. The fraction of sp³-hybridized carbons (Fsp3) is 0.263. The maximum Gasteiger partial charge on any atom is 0.181 e. The van der Waals surface area contributed by atoms with Gasteiger partial charge in [0.05, 0.1) is 22.4 Å². The minimum atomic E-state index is -3.04. The third kappa shape index (κ3) is 10.8. The molecule has 0 aliphatic carbocycles. The van der Waals surface area contributed by atoms with Crippen LogP contribution in [0.15, 0.2) is 225 Å². The lowest BCUT2D eigenvalue weighted by atomic mass is 9.79. The molecule has 0 N–H and O–H groups in total. The monoisotopic (exact) mass is 1140 g/mol. The van der Waals surface area contributed by atoms with E-state index in [4.69, 9.17) is 9.72 Å². The van der Waals surface area contributed by atoms with Crippen molar-refractivity contribution in [1.82, 2.24) is 9.55 Å². The average molecular weight is 1150 g/mol. The van der Waals surface area contributed by atoms with Crippen LogP contribution in [0, 0.1) is 0 Å². The normalized spacial score (nSPS) is 13.4. The quantitative estimate of drug-likeness (QED) is 0.101. The smallest absolute Gasteiger partial charge is 0.181 e. The Morgan fingerprint density at radius 3 is 1.44 bits per heavy atom. The number of hydrogen-bond donors (Lipinski definition) is 0. The fourth-order valence-electron chi connectivity index (χ4n) is 12.7. The molecule has 5 nitrogen and oxygen atoms in total. The lowest BCUT2D eigenvalue weighted by molar-refractivity contribution is 0.483. The number of pyridine rings is 1. The van der Waals surface area contributed by atoms with E-state index in [1.54, 1.807) is 0 Å². The van der Waals surface area contributed by atoms with Crippen molar-refractivity contribution in [1.29, 1.82) is 0 Å². The molecule has 0 radical (unpaired) electrons. The molecule has 0 saturated heterocycles. The molecular formula is C80H84N4OSi. The highest BCUT2D eigenvalue weighted by molar-refractivity contribution is 7.20. The summed E-state index contributed by atoms with van der Waals surface area (Å²) < 4.78 is 9.45. The van der Waals surface area contributed by atoms with E-state index in [1.165, 1.54) is 76.5 Å². The second-order valence-corrected chi connectivity index (χ2v) is 32.9. The van der Waals surface area contributed by atoms with E-state index >= 15 is 0 Å². The van der Waals surface area contributed by atoms with Crippen molar-refractivity contribution in [3.05, 3.63) is 252 Å². The van der Waals surface area contributed by atoms with Crippen molar-refractivity contribution in [2.24, 2.45) is 0 Å². The van der Waals surface area contributed by atoms with Crippen LogP contribution in [0.4, 0.5) is 22.7 Å². The molecule has 6 heteroatoms. The number of benzene rings is 9. The molecule has 0 amide bonds. The first-order valence-electron chi connectivity index (χ1n) is 30.8. The Morgan fingerprint density at radius 2 is 0.895 bits per heavy atom. The zero-order valence-electron chi connectivity index (χ0n) is 53.3. The summed E-state index contributed by atoms with van der Waals surface area (Å²) in [5.41, 5.74) is 15.5. The van der Waals surface area contributed by atoms with E-state index in [2.05, 4.69) is 337 Å². The summed E-state index contributed by atoms with van der Waals surface area (Å²) in [5.74, 6) is 2.39. The summed E-state index contributed by atoms with van der Waals surface area (Å²) in [7, 11) is -3.04. The van der Waals surface area contributed by atoms with Crippen molar-refractivity contribution in [3.63, 3.8) is 0 Å². The predicted octanol–water partition coefficient (Wildman–Crippen LogP) is 18.8. The first-order chi connectivity index (χ1) is 40.8. The largest absolute Gasteiger partial charge is 0.457 e. The van der Waals surface area contributed by atoms with Gasteiger partial charge in [-0.1, -0.05) is 243 Å². The van der Waals surface area contributed by atoms with Gasteiger partial charge in [0.25, 0.3) is 0 Å². The van der Waals surface area contributed by atoms with Gasteiger partial charge in [-0.25, -0.2) is 4.98 Å². The van der Waals surface area contributed by atoms with Crippen LogP contribution in [0.2, 0.25) is 0 Å². The number of para-hydroxylation sites is 1. The maximum atomic E-state index is 7.12. The number of nitrogens with zero attached hydrogens (tertiary/aromatic N) is 4. The Balaban J connectivity index is 1.02. The summed E-state index contributed by atoms with van der Waals surface area (Å²) >= 11 is 0. The molecule has 0 atom stereocenters. The zero-order valence-corrected chi connectivity index (χ0v) is 54.3. The van der Waals surface area contributed by atoms with Gasteiger partial charge in [-0.2, -0.15) is 0 Å². The van der Waals surface area contributed by atoms with Crippen LogP contribution in [-0.4, -0.2) is 24.3 Å². The zero-order chi connectivity index (χ0) is 60.7. The summed E-state index contributed by atoms with van der Waals surface area (Å²) in [6.45, 7) is 35.3. The first kappa shape index (κ1) is 58.0. The van der Waals surface area contributed by atoms with E-state index in [1.807, 2.05) is 6.20 Å². The standard InChI is InChI=1S/C80H84N4OSi/c1-76(2,3)56-41-42-81-74(50-56)84-70-40-37-54(55-43-57(77(4,5)6)46-58(44-55)78(7,8)9)45-69(70)68-39-38-64(52-72(68)84)85-63-28-25-27-61(51-63)82-53-83(62-48-59(79(10,11)12)47-60(49-62)80(13,14)15)75-71(82)35-26-36-73(75)86(65-29-19-16-20-30-65,66-31-21-17-22-32-66)67-33-23-18-24-34-67/h16-52H,53H2,1-15H3. The number of ether oxygens (including phenoxy) is 1. The Bertz CT molecular complexity index is 4150. The number of rotatable bonds is 10. The summed E-state index contributed by atoms with van der Waals surface area (Å²) in [4.78, 5) is 10.2. The van der Waals surface area contributed by atoms with Gasteiger partial charge < -0.3 is 14.5 Å². The number of aromatic nitrogens is 2. The van der Waals surface area contributed by atoms with Crippen LogP contribution >= 0.6 is 0 Å². The van der Waals surface area contributed by atoms with Crippen molar-refractivity contribution < 1.29 is 4.74 Å². The molecule has 86 heavy (non-hydrogen) atoms. The third-order valence-electron chi connectivity index (χ3n) is 17.8. The van der Waals surface area contributed by atoms with Gasteiger partial charge in [0, 0.05) is 40.5 Å². The molecular weight excluding hydrogens is 1060 g/mol.